The van der Waals surface area contributed by atoms with Crippen LogP contribution in [0.15, 0.2) is 47.5 Å². The number of thiazole rings is 1. The molecule has 0 atom stereocenters. The molecule has 0 radical (unpaired) electrons. The smallest absolute Gasteiger partial charge is 0.289 e. The molecule has 0 aliphatic heterocycles. The second-order valence-corrected chi connectivity index (χ2v) is 8.11. The minimum Gasteiger partial charge on any atom is -0.497 e. The van der Waals surface area contributed by atoms with E-state index in [1.165, 1.54) is 34.8 Å². The summed E-state index contributed by atoms with van der Waals surface area (Å²) in [6.45, 7) is 0.275. The maximum atomic E-state index is 12.8. The quantitative estimate of drug-likeness (QED) is 0.280. The van der Waals surface area contributed by atoms with E-state index in [0.717, 1.165) is 14.9 Å². The number of thiophene rings is 1. The molecular weight excluding hydrogens is 410 g/mol. The number of benzene rings is 2. The average molecular weight is 423 g/mol. The number of carbonyl (C=O) groups excluding carboxylic acids is 1. The molecule has 0 N–H and O–H groups in total. The van der Waals surface area contributed by atoms with Gasteiger partial charge in [0.15, 0.2) is 4.80 Å². The highest BCUT2D eigenvalue weighted by Gasteiger charge is 2.14. The van der Waals surface area contributed by atoms with E-state index in [-0.39, 0.29) is 12.2 Å². The summed E-state index contributed by atoms with van der Waals surface area (Å²) in [5, 5.41) is 11.6. The van der Waals surface area contributed by atoms with Gasteiger partial charge in [-0.1, -0.05) is 17.3 Å². The zero-order chi connectivity index (χ0) is 20.5. The molecule has 0 unspecified atom stereocenters. The molecule has 0 saturated heterocycles. The lowest BCUT2D eigenvalue weighted by atomic mass is 10.2. The third-order valence-electron chi connectivity index (χ3n) is 4.26. The van der Waals surface area contributed by atoms with Gasteiger partial charge in [0.2, 0.25) is 0 Å². The predicted molar refractivity (Wildman–Crippen MR) is 114 cm³/mol. The lowest BCUT2D eigenvalue weighted by molar-refractivity contribution is -0.384. The van der Waals surface area contributed by atoms with E-state index in [1.807, 2.05) is 18.2 Å². The SMILES string of the molecule is C#CCn1c(=NC(=O)c2cc3cc([N+](=O)[O-])ccc3s2)sc2cc(OC)ccc21. The van der Waals surface area contributed by atoms with Crippen LogP contribution in [-0.2, 0) is 6.54 Å². The van der Waals surface area contributed by atoms with Crippen LogP contribution in [0.3, 0.4) is 0 Å². The Morgan fingerprint density at radius 3 is 2.79 bits per heavy atom. The van der Waals surface area contributed by atoms with E-state index in [2.05, 4.69) is 10.9 Å². The van der Waals surface area contributed by atoms with E-state index in [9.17, 15) is 14.9 Å². The minimum absolute atomic E-state index is 0.0171. The number of non-ortho nitro benzene ring substituents is 1. The molecule has 0 saturated carbocycles. The van der Waals surface area contributed by atoms with E-state index in [4.69, 9.17) is 11.2 Å². The number of ether oxygens (including phenoxy) is 1. The first-order valence-corrected chi connectivity index (χ1v) is 10.0. The van der Waals surface area contributed by atoms with Crippen LogP contribution in [-0.4, -0.2) is 22.5 Å². The highest BCUT2D eigenvalue weighted by atomic mass is 32.1. The maximum absolute atomic E-state index is 12.8. The topological polar surface area (TPSA) is 86.7 Å². The van der Waals surface area contributed by atoms with Gasteiger partial charge in [-0.2, -0.15) is 4.99 Å². The number of fused-ring (bicyclic) bond motifs is 2. The van der Waals surface area contributed by atoms with Gasteiger partial charge in [0.05, 0.1) is 33.7 Å². The van der Waals surface area contributed by atoms with Crippen molar-refractivity contribution in [3.05, 3.63) is 62.3 Å². The van der Waals surface area contributed by atoms with Crippen LogP contribution in [0.2, 0.25) is 0 Å². The molecule has 2 aromatic carbocycles. The molecule has 9 heteroatoms. The number of terminal acetylenes is 1. The van der Waals surface area contributed by atoms with Gasteiger partial charge >= 0.3 is 0 Å². The lowest BCUT2D eigenvalue weighted by Crippen LogP contribution is -2.16. The molecule has 4 rings (SSSR count). The fourth-order valence-electron chi connectivity index (χ4n) is 2.90. The first-order chi connectivity index (χ1) is 14.0. The van der Waals surface area contributed by atoms with E-state index < -0.39 is 10.8 Å². The Hall–Kier alpha value is -3.48. The molecular formula is C20H13N3O4S2. The number of hydrogen-bond acceptors (Lipinski definition) is 6. The van der Waals surface area contributed by atoms with Crippen molar-refractivity contribution in [2.45, 2.75) is 6.54 Å². The maximum Gasteiger partial charge on any atom is 0.289 e. The molecule has 7 nitrogen and oxygen atoms in total. The summed E-state index contributed by atoms with van der Waals surface area (Å²) in [7, 11) is 1.59. The highest BCUT2D eigenvalue weighted by molar-refractivity contribution is 7.21. The molecule has 0 bridgehead atoms. The first-order valence-electron chi connectivity index (χ1n) is 8.38. The Labute approximate surface area is 172 Å². The predicted octanol–water partition coefficient (Wildman–Crippen LogP) is 4.21. The van der Waals surface area contributed by atoms with Crippen molar-refractivity contribution in [3.63, 3.8) is 0 Å². The monoisotopic (exact) mass is 423 g/mol. The van der Waals surface area contributed by atoms with Crippen molar-refractivity contribution >= 4 is 54.6 Å². The van der Waals surface area contributed by atoms with Gasteiger partial charge < -0.3 is 9.30 Å². The van der Waals surface area contributed by atoms with Crippen LogP contribution >= 0.6 is 22.7 Å². The molecule has 0 aliphatic carbocycles. The van der Waals surface area contributed by atoms with Crippen molar-refractivity contribution in [3.8, 4) is 18.1 Å². The van der Waals surface area contributed by atoms with Gasteiger partial charge in [-0.15, -0.1) is 17.8 Å². The van der Waals surface area contributed by atoms with Crippen LogP contribution < -0.4 is 9.54 Å². The largest absolute Gasteiger partial charge is 0.497 e. The lowest BCUT2D eigenvalue weighted by Gasteiger charge is -2.01. The standard InChI is InChI=1S/C20H13N3O4S2/c1-3-8-22-15-6-5-14(27-2)11-17(15)29-20(22)21-19(24)18-10-12-9-13(23(25)26)4-7-16(12)28-18/h1,4-7,9-11H,8H2,2H3. The molecule has 29 heavy (non-hydrogen) atoms. The highest BCUT2D eigenvalue weighted by Crippen LogP contribution is 2.29. The van der Waals surface area contributed by atoms with Crippen molar-refractivity contribution in [2.24, 2.45) is 4.99 Å². The summed E-state index contributed by atoms with van der Waals surface area (Å²) >= 11 is 2.59. The first kappa shape index (κ1) is 18.9. The number of methoxy groups -OCH3 is 1. The number of nitro benzene ring substituents is 1. The van der Waals surface area contributed by atoms with Crippen molar-refractivity contribution < 1.29 is 14.5 Å². The fourth-order valence-corrected chi connectivity index (χ4v) is 4.89. The van der Waals surface area contributed by atoms with Crippen LogP contribution in [0, 0.1) is 22.5 Å². The van der Waals surface area contributed by atoms with E-state index in [0.29, 0.717) is 20.8 Å². The number of nitro groups is 1. The van der Waals surface area contributed by atoms with Crippen LogP contribution in [0.5, 0.6) is 5.75 Å². The van der Waals surface area contributed by atoms with Crippen LogP contribution in [0.25, 0.3) is 20.3 Å². The van der Waals surface area contributed by atoms with E-state index in [1.54, 1.807) is 23.8 Å². The van der Waals surface area contributed by atoms with Gasteiger partial charge in [-0.3, -0.25) is 14.9 Å². The Kier molecular flexibility index (Phi) is 4.88. The molecule has 1 amide bonds. The zero-order valence-electron chi connectivity index (χ0n) is 15.1. The number of amides is 1. The normalized spacial score (nSPS) is 11.7. The summed E-state index contributed by atoms with van der Waals surface area (Å²) < 4.78 is 8.74. The Morgan fingerprint density at radius 2 is 2.07 bits per heavy atom. The molecule has 4 aromatic rings. The number of hydrogen-bond donors (Lipinski definition) is 0. The number of aromatic nitrogens is 1. The van der Waals surface area contributed by atoms with Gasteiger partial charge in [-0.05, 0) is 30.3 Å². The molecule has 0 spiro atoms. The summed E-state index contributed by atoms with van der Waals surface area (Å²) in [5.41, 5.74) is 0.851. The number of nitrogens with zero attached hydrogens (tertiary/aromatic N) is 3. The summed E-state index contributed by atoms with van der Waals surface area (Å²) in [6.07, 6.45) is 5.50. The second kappa shape index (κ2) is 7.50. The van der Waals surface area contributed by atoms with Crippen molar-refractivity contribution in [1.29, 1.82) is 0 Å². The third kappa shape index (κ3) is 3.51. The van der Waals surface area contributed by atoms with Gasteiger partial charge in [0.1, 0.15) is 5.75 Å². The van der Waals surface area contributed by atoms with Crippen molar-refractivity contribution in [1.82, 2.24) is 4.57 Å². The van der Waals surface area contributed by atoms with Gasteiger partial charge in [-0.25, -0.2) is 0 Å². The molecule has 144 valence electrons. The molecule has 2 heterocycles. The Balaban J connectivity index is 1.80. The molecule has 0 aliphatic rings. The second-order valence-electron chi connectivity index (χ2n) is 6.02. The summed E-state index contributed by atoms with van der Waals surface area (Å²) in [6, 6.07) is 11.7. The van der Waals surface area contributed by atoms with Crippen LogP contribution in [0.4, 0.5) is 5.69 Å². The third-order valence-corrected chi connectivity index (χ3v) is 6.40. The molecule has 2 aromatic heterocycles. The van der Waals surface area contributed by atoms with Crippen molar-refractivity contribution in [2.75, 3.05) is 7.11 Å². The van der Waals surface area contributed by atoms with Crippen LogP contribution in [0.1, 0.15) is 9.67 Å². The number of carbonyl (C=O) groups is 1. The zero-order valence-corrected chi connectivity index (χ0v) is 16.8. The summed E-state index contributed by atoms with van der Waals surface area (Å²) in [4.78, 5) is 28.4. The fraction of sp³-hybridized carbons (Fsp3) is 0.100. The Morgan fingerprint density at radius 1 is 1.24 bits per heavy atom. The average Bonchev–Trinajstić information content (AvgIpc) is 3.28. The Bertz CT molecular complexity index is 1390. The van der Waals surface area contributed by atoms with E-state index >= 15 is 0 Å². The summed E-state index contributed by atoms with van der Waals surface area (Å²) in [5.74, 6) is 2.87. The number of rotatable bonds is 4. The molecule has 0 fully saturated rings. The van der Waals surface area contributed by atoms with Gasteiger partial charge in [0, 0.05) is 22.2 Å². The minimum atomic E-state index is -0.461. The van der Waals surface area contributed by atoms with Gasteiger partial charge in [0.25, 0.3) is 11.6 Å².